The van der Waals surface area contributed by atoms with E-state index in [2.05, 4.69) is 10.2 Å². The molecule has 1 amide bonds. The maximum absolute atomic E-state index is 13.0. The van der Waals surface area contributed by atoms with Gasteiger partial charge in [0.25, 0.3) is 0 Å². The van der Waals surface area contributed by atoms with Crippen molar-refractivity contribution in [3.8, 4) is 10.7 Å². The molecule has 1 fully saturated rings. The van der Waals surface area contributed by atoms with Crippen molar-refractivity contribution >= 4 is 29.0 Å². The Bertz CT molecular complexity index is 985. The van der Waals surface area contributed by atoms with Gasteiger partial charge in [-0.3, -0.25) is 9.36 Å². The average Bonchev–Trinajstić information content (AvgIpc) is 3.23. The number of rotatable bonds is 8. The first kappa shape index (κ1) is 20.9. The van der Waals surface area contributed by atoms with Gasteiger partial charge in [0, 0.05) is 12.6 Å². The Hall–Kier alpha value is -2.33. The summed E-state index contributed by atoms with van der Waals surface area (Å²) in [6.07, 6.45) is -2.45. The molecule has 0 unspecified atom stereocenters. The summed E-state index contributed by atoms with van der Waals surface area (Å²) in [4.78, 5) is 14.5. The molecule has 0 atom stereocenters. The van der Waals surface area contributed by atoms with E-state index in [0.29, 0.717) is 10.7 Å². The normalized spacial score (nSPS) is 14.1. The Morgan fingerprint density at radius 2 is 1.93 bits per heavy atom. The molecule has 30 heavy (non-hydrogen) atoms. The minimum Gasteiger partial charge on any atom is -0.329 e. The van der Waals surface area contributed by atoms with E-state index in [0.717, 1.165) is 40.2 Å². The van der Waals surface area contributed by atoms with Crippen molar-refractivity contribution in [2.24, 2.45) is 0 Å². The highest BCUT2D eigenvalue weighted by atomic mass is 32.2. The van der Waals surface area contributed by atoms with Gasteiger partial charge in [0.05, 0.1) is 10.6 Å². The number of hydrogen-bond acceptors (Lipinski definition) is 5. The van der Waals surface area contributed by atoms with Crippen molar-refractivity contribution in [2.75, 3.05) is 12.3 Å². The molecule has 0 saturated heterocycles. The van der Waals surface area contributed by atoms with E-state index >= 15 is 0 Å². The van der Waals surface area contributed by atoms with Crippen LogP contribution in [0.25, 0.3) is 10.7 Å². The number of aromatic nitrogens is 3. The molecule has 0 radical (unpaired) electrons. The Morgan fingerprint density at radius 1 is 1.17 bits per heavy atom. The fourth-order valence-electron chi connectivity index (χ4n) is 3.08. The Kier molecular flexibility index (Phi) is 6.14. The third-order valence-corrected chi connectivity index (χ3v) is 6.38. The van der Waals surface area contributed by atoms with Gasteiger partial charge in [-0.05, 0) is 29.9 Å². The van der Waals surface area contributed by atoms with E-state index < -0.39 is 18.6 Å². The number of alkyl halides is 3. The molecule has 1 saturated carbocycles. The zero-order valence-electron chi connectivity index (χ0n) is 15.9. The first-order chi connectivity index (χ1) is 14.4. The lowest BCUT2D eigenvalue weighted by Gasteiger charge is -2.24. The molecule has 4 rings (SSSR count). The molecule has 0 aliphatic heterocycles. The van der Waals surface area contributed by atoms with Gasteiger partial charge < -0.3 is 4.90 Å². The van der Waals surface area contributed by atoms with Gasteiger partial charge in [-0.25, -0.2) is 0 Å². The number of amides is 1. The van der Waals surface area contributed by atoms with Crippen LogP contribution in [0.3, 0.4) is 0 Å². The van der Waals surface area contributed by atoms with Crippen LogP contribution >= 0.6 is 23.1 Å². The van der Waals surface area contributed by atoms with Crippen LogP contribution in [0.1, 0.15) is 24.4 Å². The second-order valence-electron chi connectivity index (χ2n) is 7.02. The molecule has 1 aliphatic carbocycles. The van der Waals surface area contributed by atoms with Gasteiger partial charge in [-0.1, -0.05) is 48.2 Å². The largest absolute Gasteiger partial charge is 0.406 e. The topological polar surface area (TPSA) is 51.0 Å². The number of thiophene rings is 1. The molecule has 5 nitrogen and oxygen atoms in total. The van der Waals surface area contributed by atoms with Crippen LogP contribution in [0.15, 0.2) is 53.0 Å². The number of carbonyl (C=O) groups is 1. The molecule has 0 bridgehead atoms. The second-order valence-corrected chi connectivity index (χ2v) is 8.91. The van der Waals surface area contributed by atoms with Gasteiger partial charge >= 0.3 is 6.18 Å². The Morgan fingerprint density at radius 3 is 2.57 bits per heavy atom. The molecule has 10 heteroatoms. The van der Waals surface area contributed by atoms with Crippen LogP contribution in [0, 0.1) is 0 Å². The third-order valence-electron chi connectivity index (χ3n) is 4.58. The Labute approximate surface area is 179 Å². The summed E-state index contributed by atoms with van der Waals surface area (Å²) in [5.74, 6) is 0.0427. The summed E-state index contributed by atoms with van der Waals surface area (Å²) in [6, 6.07) is 12.9. The number of carbonyl (C=O) groups excluding carboxylic acids is 1. The van der Waals surface area contributed by atoms with E-state index in [1.807, 2.05) is 22.1 Å². The zero-order chi connectivity index (χ0) is 21.1. The molecular formula is C20H19F3N4OS2. The van der Waals surface area contributed by atoms with Crippen molar-refractivity contribution in [2.45, 2.75) is 36.8 Å². The number of nitrogens with zero attached hydrogens (tertiary/aromatic N) is 4. The predicted molar refractivity (Wildman–Crippen MR) is 110 cm³/mol. The summed E-state index contributed by atoms with van der Waals surface area (Å²) in [7, 11) is 0. The van der Waals surface area contributed by atoms with Gasteiger partial charge in [0.2, 0.25) is 5.91 Å². The van der Waals surface area contributed by atoms with Crippen molar-refractivity contribution < 1.29 is 18.0 Å². The maximum Gasteiger partial charge on any atom is 0.406 e. The van der Waals surface area contributed by atoms with Crippen molar-refractivity contribution in [3.63, 3.8) is 0 Å². The molecule has 0 N–H and O–H groups in total. The average molecular weight is 453 g/mol. The number of thioether (sulfide) groups is 1. The summed E-state index contributed by atoms with van der Waals surface area (Å²) in [5.41, 5.74) is 0.654. The summed E-state index contributed by atoms with van der Waals surface area (Å²) in [6.45, 7) is -1.37. The minimum atomic E-state index is -4.46. The molecule has 1 aliphatic rings. The summed E-state index contributed by atoms with van der Waals surface area (Å²) in [5, 5.41) is 11.0. The van der Waals surface area contributed by atoms with Crippen LogP contribution in [0.5, 0.6) is 0 Å². The van der Waals surface area contributed by atoms with E-state index in [1.165, 1.54) is 0 Å². The van der Waals surface area contributed by atoms with Crippen LogP contribution in [-0.4, -0.2) is 44.0 Å². The van der Waals surface area contributed by atoms with Crippen molar-refractivity contribution in [1.29, 1.82) is 0 Å². The standard InChI is InChI=1S/C20H19F3N4OS2/c21-20(22,23)13-26(11-14-5-2-1-3-6-14)17(28)12-30-19-25-24-18(16-7-4-10-29-16)27(19)15-8-9-15/h1-7,10,15H,8-9,11-13H2. The van der Waals surface area contributed by atoms with E-state index in [1.54, 1.807) is 41.7 Å². The lowest BCUT2D eigenvalue weighted by Crippen LogP contribution is -2.39. The highest BCUT2D eigenvalue weighted by Crippen LogP contribution is 2.41. The molecule has 0 spiro atoms. The molecular weight excluding hydrogens is 433 g/mol. The number of halogens is 3. The number of hydrogen-bond donors (Lipinski definition) is 0. The van der Waals surface area contributed by atoms with E-state index in [4.69, 9.17) is 0 Å². The smallest absolute Gasteiger partial charge is 0.329 e. The van der Waals surface area contributed by atoms with E-state index in [-0.39, 0.29) is 18.3 Å². The van der Waals surface area contributed by atoms with Gasteiger partial charge in [0.1, 0.15) is 6.54 Å². The van der Waals surface area contributed by atoms with Crippen molar-refractivity contribution in [3.05, 3.63) is 53.4 Å². The van der Waals surface area contributed by atoms with Gasteiger partial charge in [0.15, 0.2) is 11.0 Å². The fraction of sp³-hybridized carbons (Fsp3) is 0.350. The highest BCUT2D eigenvalue weighted by Gasteiger charge is 2.34. The predicted octanol–water partition coefficient (Wildman–Crippen LogP) is 5.02. The highest BCUT2D eigenvalue weighted by molar-refractivity contribution is 7.99. The molecule has 2 aromatic heterocycles. The fourth-order valence-corrected chi connectivity index (χ4v) is 4.69. The molecule has 2 heterocycles. The molecule has 1 aromatic carbocycles. The summed E-state index contributed by atoms with van der Waals surface area (Å²) < 4.78 is 41.1. The molecule has 158 valence electrons. The summed E-state index contributed by atoms with van der Waals surface area (Å²) >= 11 is 2.69. The quantitative estimate of drug-likeness (QED) is 0.450. The maximum atomic E-state index is 13.0. The minimum absolute atomic E-state index is 0.0878. The third kappa shape index (κ3) is 5.23. The van der Waals surface area contributed by atoms with E-state index in [9.17, 15) is 18.0 Å². The molecule has 3 aromatic rings. The van der Waals surface area contributed by atoms with Crippen LogP contribution in [0.4, 0.5) is 13.2 Å². The van der Waals surface area contributed by atoms with Crippen LogP contribution < -0.4 is 0 Å². The lowest BCUT2D eigenvalue weighted by molar-refractivity contribution is -0.160. The first-order valence-electron chi connectivity index (χ1n) is 9.41. The monoisotopic (exact) mass is 452 g/mol. The van der Waals surface area contributed by atoms with Crippen LogP contribution in [-0.2, 0) is 11.3 Å². The van der Waals surface area contributed by atoms with Crippen LogP contribution in [0.2, 0.25) is 0 Å². The van der Waals surface area contributed by atoms with Gasteiger partial charge in [-0.2, -0.15) is 13.2 Å². The second kappa shape index (κ2) is 8.81. The zero-order valence-corrected chi connectivity index (χ0v) is 17.5. The number of benzene rings is 1. The van der Waals surface area contributed by atoms with Crippen molar-refractivity contribution in [1.82, 2.24) is 19.7 Å². The first-order valence-corrected chi connectivity index (χ1v) is 11.3. The SMILES string of the molecule is O=C(CSc1nnc(-c2cccs2)n1C1CC1)N(Cc1ccccc1)CC(F)(F)F. The lowest BCUT2D eigenvalue weighted by atomic mass is 10.2. The van der Waals surface area contributed by atoms with Gasteiger partial charge in [-0.15, -0.1) is 21.5 Å². The Balaban J connectivity index is 1.48.